The molecule has 2 aliphatic rings. The van der Waals surface area contributed by atoms with Gasteiger partial charge in [-0.05, 0) is 142 Å². The van der Waals surface area contributed by atoms with Gasteiger partial charge in [-0.3, -0.25) is 38.4 Å². The summed E-state index contributed by atoms with van der Waals surface area (Å²) in [5.41, 5.74) is 2.23. The molecule has 22 nitrogen and oxygen atoms in total. The molecule has 1 unspecified atom stereocenters. The molecule has 0 spiro atoms. The Labute approximate surface area is 568 Å². The van der Waals surface area contributed by atoms with Crippen LogP contribution < -0.4 is 30.2 Å². The van der Waals surface area contributed by atoms with Gasteiger partial charge >= 0.3 is 11.9 Å². The van der Waals surface area contributed by atoms with E-state index in [4.69, 9.17) is 23.7 Å². The van der Waals surface area contributed by atoms with E-state index in [0.717, 1.165) is 17.2 Å². The van der Waals surface area contributed by atoms with Crippen LogP contribution in [0, 0.1) is 11.3 Å². The number of Topliss-reactive ketones (excluding diaryl/α,β-unsaturated/α-hetero) is 1. The first-order chi connectivity index (χ1) is 46.4. The number of likely N-dealkylation sites (N-methyl/N-ethyl adjacent to an activating group) is 2. The van der Waals surface area contributed by atoms with Crippen LogP contribution in [0.4, 0.5) is 5.69 Å². The van der Waals surface area contributed by atoms with Crippen LogP contribution in [0.2, 0.25) is 0 Å². The van der Waals surface area contributed by atoms with Gasteiger partial charge < -0.3 is 59.2 Å². The molecule has 0 aliphatic carbocycles. The number of amides is 7. The highest BCUT2D eigenvalue weighted by molar-refractivity contribution is 6.38. The van der Waals surface area contributed by atoms with E-state index < -0.39 is 89.0 Å². The number of carbonyl (C=O) groups excluding carboxylic acids is 10. The molecule has 2 fully saturated rings. The van der Waals surface area contributed by atoms with Crippen molar-refractivity contribution >= 4 is 64.8 Å². The van der Waals surface area contributed by atoms with Crippen molar-refractivity contribution in [1.82, 2.24) is 30.2 Å². The summed E-state index contributed by atoms with van der Waals surface area (Å²) in [6.45, 7) is 12.9. The molecule has 518 valence electrons. The highest BCUT2D eigenvalue weighted by Crippen LogP contribution is 2.33. The summed E-state index contributed by atoms with van der Waals surface area (Å²) in [6.07, 6.45) is 2.44. The number of ether oxygens (including phenoxy) is 5. The van der Waals surface area contributed by atoms with Crippen molar-refractivity contribution in [2.75, 3.05) is 59.9 Å². The van der Waals surface area contributed by atoms with Crippen LogP contribution in [0.3, 0.4) is 0 Å². The van der Waals surface area contributed by atoms with Crippen molar-refractivity contribution in [3.8, 4) is 17.2 Å². The number of nitrogens with zero attached hydrogens (tertiary/aromatic N) is 4. The van der Waals surface area contributed by atoms with Crippen molar-refractivity contribution in [3.05, 3.63) is 168 Å². The SMILES string of the molecule is C=CC(=O)OCC(C)(C)C(=O)C(=O)N1CCCC[C@H]1C(=O)O[C@H](CCc1ccc(OC)c(OC)c1)c1cccc(NC(=O)CCC(=O)NC(C(=O)N[C@@H](Cc2ccc(OCc3ccccc3)cc2)C(=O)N2CCC[C@@H]2C(=O)N(C)[C@@H](CC(C)C)C(=O)N(C)CC)c2ccccc2)c1. The van der Waals surface area contributed by atoms with Gasteiger partial charge in [0.05, 0.1) is 19.6 Å². The van der Waals surface area contributed by atoms with Crippen LogP contribution in [-0.4, -0.2) is 157 Å². The third kappa shape index (κ3) is 20.8. The Bertz CT molecular complexity index is 3560. The molecule has 2 aliphatic heterocycles. The van der Waals surface area contributed by atoms with Crippen LogP contribution in [0.15, 0.2) is 140 Å². The van der Waals surface area contributed by atoms with Gasteiger partial charge in [0, 0.05) is 64.8 Å². The fraction of sp³-hybridized carbons (Fsp3) is 0.440. The molecule has 2 heterocycles. The molecule has 5 aromatic rings. The molecule has 97 heavy (non-hydrogen) atoms. The Morgan fingerprint density at radius 2 is 1.35 bits per heavy atom. The summed E-state index contributed by atoms with van der Waals surface area (Å²) in [4.78, 5) is 146. The molecule has 6 atom stereocenters. The van der Waals surface area contributed by atoms with Gasteiger partial charge in [0.25, 0.3) is 5.91 Å². The van der Waals surface area contributed by atoms with E-state index in [-0.39, 0.29) is 69.5 Å². The average Bonchev–Trinajstić information content (AvgIpc) is 1.80. The number of likely N-dealkylation sites (tertiary alicyclic amines) is 2. The average molecular weight is 1330 g/mol. The van der Waals surface area contributed by atoms with E-state index in [1.54, 1.807) is 110 Å². The Hall–Kier alpha value is -9.86. The van der Waals surface area contributed by atoms with E-state index in [0.29, 0.717) is 91.3 Å². The van der Waals surface area contributed by atoms with Gasteiger partial charge in [-0.1, -0.05) is 111 Å². The van der Waals surface area contributed by atoms with Crippen LogP contribution in [0.25, 0.3) is 0 Å². The highest BCUT2D eigenvalue weighted by Gasteiger charge is 2.44. The lowest BCUT2D eigenvalue weighted by molar-refractivity contribution is -0.165. The topological polar surface area (TPSA) is 266 Å². The lowest BCUT2D eigenvalue weighted by Gasteiger charge is -2.36. The van der Waals surface area contributed by atoms with Gasteiger partial charge in [0.2, 0.25) is 41.2 Å². The van der Waals surface area contributed by atoms with Gasteiger partial charge in [-0.15, -0.1) is 0 Å². The Balaban J connectivity index is 1.08. The zero-order valence-electron chi connectivity index (χ0n) is 57.2. The van der Waals surface area contributed by atoms with Crippen LogP contribution in [0.1, 0.15) is 132 Å². The summed E-state index contributed by atoms with van der Waals surface area (Å²) in [6, 6.07) is 32.0. The molecular formula is C75H93N7O15. The molecule has 0 radical (unpaired) electrons. The zero-order chi connectivity index (χ0) is 70.3. The quantitative estimate of drug-likeness (QED) is 0.0201. The summed E-state index contributed by atoms with van der Waals surface area (Å²) in [5.74, 6) is -4.66. The minimum Gasteiger partial charge on any atom is -0.493 e. The molecule has 5 aromatic carbocycles. The number of benzene rings is 5. The second-order valence-corrected chi connectivity index (χ2v) is 25.6. The maximum atomic E-state index is 15.2. The summed E-state index contributed by atoms with van der Waals surface area (Å²) >= 11 is 0. The van der Waals surface area contributed by atoms with E-state index in [1.807, 2.05) is 57.2 Å². The van der Waals surface area contributed by atoms with Gasteiger partial charge in [-0.25, -0.2) is 9.59 Å². The number of anilines is 1. The standard InChI is InChI=1S/C75H93N7O15/c1-11-66(85)96-48-75(5,6)68(86)73(91)82-41-20-19-29-59(82)74(92)97-61(37-33-51-34-38-62(93-9)63(45-51)94-10)54-27-21-28-55(46-54)76-64(83)39-40-65(84)78-67(53-25-17-14-18-26-53)69(87)77-57(44-50-31-35-56(36-32-50)95-47-52-23-15-13-16-24-52)70(88)81-42-22-30-58(81)72(90)80(8)60(43-49(3)4)71(89)79(7)12-2/h11,13-18,21,23-28,31-32,34-36,38,45-46,49,57-61,67H,1,12,19-20,22,29-30,33,37,39-44,47-48H2,2-10H3,(H,76,83)(H,77,87)(H,78,84)/t57-,58+,59-,60-,61+,67?/m0/s1. The van der Waals surface area contributed by atoms with Crippen LogP contribution in [0.5, 0.6) is 17.2 Å². The first-order valence-corrected chi connectivity index (χ1v) is 33.1. The third-order valence-electron chi connectivity index (χ3n) is 17.5. The van der Waals surface area contributed by atoms with Crippen molar-refractivity contribution in [2.45, 2.75) is 148 Å². The normalized spacial score (nSPS) is 15.7. The number of carbonyl (C=O) groups is 10. The lowest BCUT2D eigenvalue weighted by atomic mass is 9.87. The van der Waals surface area contributed by atoms with Crippen LogP contribution in [-0.2, 0) is 76.9 Å². The first-order valence-electron chi connectivity index (χ1n) is 33.1. The Morgan fingerprint density at radius 1 is 0.701 bits per heavy atom. The van der Waals surface area contributed by atoms with Crippen molar-refractivity contribution in [3.63, 3.8) is 0 Å². The van der Waals surface area contributed by atoms with E-state index in [1.165, 1.54) is 42.8 Å². The Morgan fingerprint density at radius 3 is 2.02 bits per heavy atom. The number of rotatable bonds is 33. The van der Waals surface area contributed by atoms with E-state index >= 15 is 4.79 Å². The summed E-state index contributed by atoms with van der Waals surface area (Å²) in [7, 11) is 6.33. The first kappa shape index (κ1) is 74.5. The maximum absolute atomic E-state index is 15.2. The smallest absolute Gasteiger partial charge is 0.330 e. The zero-order valence-corrected chi connectivity index (χ0v) is 57.2. The second-order valence-electron chi connectivity index (χ2n) is 25.6. The number of piperidine rings is 1. The molecule has 22 heteroatoms. The molecule has 2 saturated heterocycles. The number of aryl methyl sites for hydroxylation is 1. The fourth-order valence-corrected chi connectivity index (χ4v) is 11.8. The predicted octanol–water partition coefficient (Wildman–Crippen LogP) is 8.85. The number of hydrogen-bond acceptors (Lipinski definition) is 15. The predicted molar refractivity (Wildman–Crippen MR) is 365 cm³/mol. The van der Waals surface area contributed by atoms with Crippen molar-refractivity contribution in [2.24, 2.45) is 11.3 Å². The molecule has 0 bridgehead atoms. The molecule has 0 saturated carbocycles. The number of esters is 2. The monoisotopic (exact) mass is 1330 g/mol. The second kappa shape index (κ2) is 35.8. The molecular weight excluding hydrogens is 1240 g/mol. The summed E-state index contributed by atoms with van der Waals surface area (Å²) < 4.78 is 28.5. The number of nitrogens with one attached hydrogen (secondary N) is 3. The third-order valence-corrected chi connectivity index (χ3v) is 17.5. The molecule has 7 rings (SSSR count). The molecule has 0 aromatic heterocycles. The largest absolute Gasteiger partial charge is 0.493 e. The summed E-state index contributed by atoms with van der Waals surface area (Å²) in [5, 5.41) is 8.61. The molecule has 7 amide bonds. The minimum absolute atomic E-state index is 0.00936. The van der Waals surface area contributed by atoms with Crippen molar-refractivity contribution < 1.29 is 71.6 Å². The maximum Gasteiger partial charge on any atom is 0.330 e. The number of hydrogen-bond donors (Lipinski definition) is 3. The Kier molecular flexibility index (Phi) is 27.5. The van der Waals surface area contributed by atoms with Crippen LogP contribution >= 0.6 is 0 Å². The minimum atomic E-state index is -1.42. The molecule has 3 N–H and O–H groups in total. The fourth-order valence-electron chi connectivity index (χ4n) is 11.8. The lowest BCUT2D eigenvalue weighted by Crippen LogP contribution is -2.58. The highest BCUT2D eigenvalue weighted by atomic mass is 16.5. The van der Waals surface area contributed by atoms with E-state index in [2.05, 4.69) is 22.5 Å². The van der Waals surface area contributed by atoms with Gasteiger partial charge in [0.15, 0.2) is 11.5 Å². The van der Waals surface area contributed by atoms with Gasteiger partial charge in [0.1, 0.15) is 55.3 Å². The van der Waals surface area contributed by atoms with Gasteiger partial charge in [-0.2, -0.15) is 0 Å². The van der Waals surface area contributed by atoms with E-state index in [9.17, 15) is 43.2 Å². The number of methoxy groups -OCH3 is 2. The number of ketones is 1. The van der Waals surface area contributed by atoms with Crippen molar-refractivity contribution in [1.29, 1.82) is 0 Å².